The zero-order chi connectivity index (χ0) is 26.4. The average Bonchev–Trinajstić information content (AvgIpc) is 3.30. The number of halogens is 1. The lowest BCUT2D eigenvalue weighted by atomic mass is 10.0. The van der Waals surface area contributed by atoms with E-state index >= 15 is 0 Å². The minimum Gasteiger partial charge on any atom is -0.477 e. The van der Waals surface area contributed by atoms with Crippen molar-refractivity contribution in [3.05, 3.63) is 88.5 Å². The second kappa shape index (κ2) is 10.1. The molecule has 10 heteroatoms. The fraction of sp³-hybridized carbons (Fsp3) is 0.179. The summed E-state index contributed by atoms with van der Waals surface area (Å²) in [5.74, 6) is -1.12. The molecule has 3 heterocycles. The molecule has 3 aromatic carbocycles. The number of benzene rings is 3. The number of rotatable bonds is 7. The van der Waals surface area contributed by atoms with Gasteiger partial charge in [0, 0.05) is 31.9 Å². The minimum absolute atomic E-state index is 0.0357. The number of hydrogen-bond acceptors (Lipinski definition) is 6. The van der Waals surface area contributed by atoms with Crippen molar-refractivity contribution in [1.82, 2.24) is 10.2 Å². The summed E-state index contributed by atoms with van der Waals surface area (Å²) in [6, 6.07) is 20.1. The van der Waals surface area contributed by atoms with E-state index in [-0.39, 0.29) is 18.0 Å². The van der Waals surface area contributed by atoms with Crippen LogP contribution in [0.3, 0.4) is 0 Å². The Morgan fingerprint density at radius 2 is 1.92 bits per heavy atom. The van der Waals surface area contributed by atoms with E-state index in [9.17, 15) is 19.5 Å². The number of fused-ring (bicyclic) bond motifs is 4. The Kier molecular flexibility index (Phi) is 6.59. The molecular weight excluding hydrogens is 544 g/mol. The highest BCUT2D eigenvalue weighted by atomic mass is 35.5. The normalized spacial score (nSPS) is 19.0. The summed E-state index contributed by atoms with van der Waals surface area (Å²) < 4.78 is 6.10. The van der Waals surface area contributed by atoms with Crippen LogP contribution < -0.4 is 5.32 Å². The molecule has 0 aliphatic carbocycles. The molecule has 1 saturated heterocycles. The third kappa shape index (κ3) is 4.34. The van der Waals surface area contributed by atoms with Crippen molar-refractivity contribution in [1.29, 1.82) is 0 Å². The number of carboxylic acids is 1. The Bertz CT molecular complexity index is 1630. The predicted molar refractivity (Wildman–Crippen MR) is 149 cm³/mol. The Labute approximate surface area is 231 Å². The quantitative estimate of drug-likeness (QED) is 0.230. The molecule has 6 rings (SSSR count). The van der Waals surface area contributed by atoms with Crippen LogP contribution in [0.15, 0.2) is 86.6 Å². The number of carbonyl (C=O) groups is 3. The van der Waals surface area contributed by atoms with E-state index in [0.29, 0.717) is 22.1 Å². The van der Waals surface area contributed by atoms with Crippen molar-refractivity contribution in [3.8, 4) is 0 Å². The molecule has 1 aromatic heterocycles. The molecule has 0 radical (unpaired) electrons. The van der Waals surface area contributed by atoms with Gasteiger partial charge >= 0.3 is 5.97 Å². The number of alkyl halides is 1. The fourth-order valence-electron chi connectivity index (χ4n) is 4.82. The van der Waals surface area contributed by atoms with E-state index in [1.807, 2.05) is 66.7 Å². The van der Waals surface area contributed by atoms with Gasteiger partial charge in [0.2, 0.25) is 5.91 Å². The lowest BCUT2D eigenvalue weighted by Crippen LogP contribution is -2.70. The smallest absolute Gasteiger partial charge is 0.353 e. The van der Waals surface area contributed by atoms with Gasteiger partial charge in [-0.15, -0.1) is 23.4 Å². The van der Waals surface area contributed by atoms with Crippen molar-refractivity contribution >= 4 is 74.8 Å². The van der Waals surface area contributed by atoms with Crippen molar-refractivity contribution in [3.63, 3.8) is 0 Å². The highest BCUT2D eigenvalue weighted by Gasteiger charge is 2.54. The second-order valence-corrected chi connectivity index (χ2v) is 11.5. The van der Waals surface area contributed by atoms with E-state index in [1.165, 1.54) is 28.4 Å². The molecule has 1 fully saturated rings. The predicted octanol–water partition coefficient (Wildman–Crippen LogP) is 5.36. The maximum absolute atomic E-state index is 13.0. The van der Waals surface area contributed by atoms with Crippen LogP contribution >= 0.6 is 35.1 Å². The molecule has 0 saturated carbocycles. The first kappa shape index (κ1) is 24.9. The topological polar surface area (TPSA) is 99.9 Å². The minimum atomic E-state index is -1.17. The number of carboxylic acid groups (broad SMARTS) is 1. The Balaban J connectivity index is 1.23. The number of furan rings is 1. The number of amides is 2. The number of β-lactam (4-membered cyclic amide) rings is 1. The van der Waals surface area contributed by atoms with E-state index in [4.69, 9.17) is 16.0 Å². The zero-order valence-electron chi connectivity index (χ0n) is 19.8. The van der Waals surface area contributed by atoms with Crippen molar-refractivity contribution in [2.24, 2.45) is 0 Å². The Hall–Kier alpha value is -3.40. The number of nitrogens with one attached hydrogen (secondary N) is 1. The highest BCUT2D eigenvalue weighted by Crippen LogP contribution is 2.46. The molecule has 2 aliphatic heterocycles. The monoisotopic (exact) mass is 564 g/mol. The first-order valence-corrected chi connectivity index (χ1v) is 14.3. The van der Waals surface area contributed by atoms with Crippen LogP contribution in [0, 0.1) is 0 Å². The van der Waals surface area contributed by atoms with Crippen LogP contribution in [-0.2, 0) is 26.7 Å². The molecule has 7 nitrogen and oxygen atoms in total. The number of nitrogens with zero attached hydrogens (tertiary/aromatic N) is 1. The summed E-state index contributed by atoms with van der Waals surface area (Å²) in [5, 5.41) is 14.3. The summed E-state index contributed by atoms with van der Waals surface area (Å²) in [4.78, 5) is 40.5. The number of aliphatic carboxylic acids is 1. The zero-order valence-corrected chi connectivity index (χ0v) is 22.2. The molecule has 0 unspecified atom stereocenters. The van der Waals surface area contributed by atoms with Crippen LogP contribution in [0.5, 0.6) is 0 Å². The Morgan fingerprint density at radius 3 is 2.68 bits per heavy atom. The molecule has 2 N–H and O–H groups in total. The van der Waals surface area contributed by atoms with Crippen LogP contribution in [0.1, 0.15) is 11.1 Å². The van der Waals surface area contributed by atoms with Gasteiger partial charge in [-0.25, -0.2) is 4.79 Å². The first-order valence-electron chi connectivity index (χ1n) is 11.9. The standard InChI is InChI=1S/C28H21ClN2O5S2/c29-13-16-7-4-8-19-18-10-9-17(12-20(18)36-25(16)19)38-21-14-37-27-23(26(33)31(27)24(21)28(34)35)30-22(32)11-15-5-2-1-3-6-15/h1-10,12,23,27H,11,13-14H2,(H,30,32)(H,34,35)/t23-,27+/m1/s1. The molecule has 0 spiro atoms. The van der Waals surface area contributed by atoms with E-state index in [1.54, 1.807) is 0 Å². The van der Waals surface area contributed by atoms with Crippen LogP contribution in [0.2, 0.25) is 0 Å². The van der Waals surface area contributed by atoms with Gasteiger partial charge in [-0.3, -0.25) is 14.5 Å². The molecule has 2 atom stereocenters. The van der Waals surface area contributed by atoms with E-state index < -0.39 is 23.3 Å². The molecule has 38 heavy (non-hydrogen) atoms. The van der Waals surface area contributed by atoms with Crippen molar-refractivity contribution in [2.75, 3.05) is 5.75 Å². The number of hydrogen-bond donors (Lipinski definition) is 2. The molecule has 2 aliphatic rings. The van der Waals surface area contributed by atoms with Crippen LogP contribution in [0.25, 0.3) is 21.9 Å². The second-order valence-electron chi connectivity index (χ2n) is 8.98. The van der Waals surface area contributed by atoms with Crippen molar-refractivity contribution < 1.29 is 23.9 Å². The Morgan fingerprint density at radius 1 is 1.11 bits per heavy atom. The molecular formula is C28H21ClN2O5S2. The summed E-state index contributed by atoms with van der Waals surface area (Å²) in [6.07, 6.45) is 0.154. The van der Waals surface area contributed by atoms with Gasteiger partial charge in [-0.2, -0.15) is 0 Å². The third-order valence-corrected chi connectivity index (χ3v) is 9.42. The molecule has 192 valence electrons. The van der Waals surface area contributed by atoms with Gasteiger partial charge in [0.15, 0.2) is 0 Å². The van der Waals surface area contributed by atoms with E-state index in [2.05, 4.69) is 5.32 Å². The van der Waals surface area contributed by atoms with Gasteiger partial charge in [0.25, 0.3) is 5.91 Å². The number of thioether (sulfide) groups is 2. The van der Waals surface area contributed by atoms with Gasteiger partial charge in [0.1, 0.15) is 28.3 Å². The largest absolute Gasteiger partial charge is 0.477 e. The maximum Gasteiger partial charge on any atom is 0.353 e. The molecule has 4 aromatic rings. The van der Waals surface area contributed by atoms with Crippen molar-refractivity contribution in [2.45, 2.75) is 28.6 Å². The van der Waals surface area contributed by atoms with Gasteiger partial charge in [-0.1, -0.05) is 60.3 Å². The number of carbonyl (C=O) groups excluding carboxylic acids is 2. The maximum atomic E-state index is 13.0. The average molecular weight is 565 g/mol. The summed E-state index contributed by atoms with van der Waals surface area (Å²) in [5.41, 5.74) is 3.14. The SMILES string of the molecule is O=C(Cc1ccccc1)N[C@@H]1C(=O)N2C(C(=O)O)=C(Sc3ccc4c(c3)oc3c(CCl)cccc34)CS[C@@H]12. The number of para-hydroxylation sites is 1. The summed E-state index contributed by atoms with van der Waals surface area (Å²) in [6.45, 7) is 0. The fourth-order valence-corrected chi connectivity index (χ4v) is 7.54. The van der Waals surface area contributed by atoms with Gasteiger partial charge in [0.05, 0.1) is 12.3 Å². The summed E-state index contributed by atoms with van der Waals surface area (Å²) >= 11 is 8.82. The lowest BCUT2D eigenvalue weighted by molar-refractivity contribution is -0.150. The van der Waals surface area contributed by atoms with Crippen LogP contribution in [0.4, 0.5) is 0 Å². The van der Waals surface area contributed by atoms with Gasteiger partial charge < -0.3 is 14.8 Å². The van der Waals surface area contributed by atoms with Gasteiger partial charge in [-0.05, 0) is 23.8 Å². The molecule has 0 bridgehead atoms. The molecule has 2 amide bonds. The lowest BCUT2D eigenvalue weighted by Gasteiger charge is -2.49. The third-order valence-electron chi connectivity index (χ3n) is 6.60. The van der Waals surface area contributed by atoms with E-state index in [0.717, 1.165) is 32.4 Å². The highest BCUT2D eigenvalue weighted by molar-refractivity contribution is 8.06. The van der Waals surface area contributed by atoms with Crippen LogP contribution in [-0.4, -0.2) is 45.0 Å². The summed E-state index contributed by atoms with van der Waals surface area (Å²) in [7, 11) is 0. The first-order chi connectivity index (χ1) is 18.4.